The third-order valence-electron chi connectivity index (χ3n) is 2.35. The topological polar surface area (TPSA) is 57.6 Å². The highest BCUT2D eigenvalue weighted by Gasteiger charge is 2.35. The van der Waals surface area contributed by atoms with Gasteiger partial charge in [0.15, 0.2) is 5.76 Å². The van der Waals surface area contributed by atoms with E-state index in [0.29, 0.717) is 6.54 Å². The molecular formula is C10H15NO3. The number of hydrogen-bond donors (Lipinski definition) is 1. The minimum Gasteiger partial charge on any atom is -0.503 e. The third kappa shape index (κ3) is 1.78. The summed E-state index contributed by atoms with van der Waals surface area (Å²) >= 11 is 0. The van der Waals surface area contributed by atoms with Crippen LogP contribution < -0.4 is 0 Å². The number of amides is 2. The Morgan fingerprint density at radius 2 is 1.86 bits per heavy atom. The van der Waals surface area contributed by atoms with Crippen LogP contribution in [0.3, 0.4) is 0 Å². The number of nitrogens with zero attached hydrogens (tertiary/aromatic N) is 1. The molecule has 0 saturated heterocycles. The summed E-state index contributed by atoms with van der Waals surface area (Å²) in [7, 11) is 0. The van der Waals surface area contributed by atoms with Gasteiger partial charge in [0.25, 0.3) is 11.8 Å². The summed E-state index contributed by atoms with van der Waals surface area (Å²) in [5.41, 5.74) is 0.159. The lowest BCUT2D eigenvalue weighted by Gasteiger charge is -2.13. The standard InChI is InChI=1S/C10H15NO3/c1-3-4-5-6-11-9(13)7(2)8(12)10(11)14/h12H,3-6H2,1-2H3. The third-order valence-corrected chi connectivity index (χ3v) is 2.35. The lowest BCUT2D eigenvalue weighted by Crippen LogP contribution is -2.32. The van der Waals surface area contributed by atoms with E-state index in [4.69, 9.17) is 0 Å². The van der Waals surface area contributed by atoms with Crippen molar-refractivity contribution in [3.63, 3.8) is 0 Å². The Morgan fingerprint density at radius 1 is 1.21 bits per heavy atom. The Hall–Kier alpha value is -1.32. The van der Waals surface area contributed by atoms with Crippen molar-refractivity contribution in [3.8, 4) is 0 Å². The molecule has 0 saturated carbocycles. The van der Waals surface area contributed by atoms with E-state index in [2.05, 4.69) is 6.92 Å². The van der Waals surface area contributed by atoms with Crippen molar-refractivity contribution in [2.45, 2.75) is 33.1 Å². The first-order valence-corrected chi connectivity index (χ1v) is 4.85. The van der Waals surface area contributed by atoms with Crippen LogP contribution in [0.25, 0.3) is 0 Å². The molecule has 0 atom stereocenters. The minimum atomic E-state index is -0.552. The molecule has 14 heavy (non-hydrogen) atoms. The van der Waals surface area contributed by atoms with E-state index < -0.39 is 11.7 Å². The summed E-state index contributed by atoms with van der Waals surface area (Å²) in [6.07, 6.45) is 2.82. The van der Waals surface area contributed by atoms with Crippen molar-refractivity contribution < 1.29 is 14.7 Å². The second-order valence-electron chi connectivity index (χ2n) is 3.44. The summed E-state index contributed by atoms with van der Waals surface area (Å²) in [5, 5.41) is 9.23. The smallest absolute Gasteiger partial charge is 0.296 e. The highest BCUT2D eigenvalue weighted by molar-refractivity contribution is 6.17. The van der Waals surface area contributed by atoms with Gasteiger partial charge in [-0.15, -0.1) is 0 Å². The number of carbonyl (C=O) groups is 2. The van der Waals surface area contributed by atoms with E-state index in [9.17, 15) is 14.7 Å². The number of unbranched alkanes of at least 4 members (excludes halogenated alkanes) is 2. The molecule has 1 aliphatic rings. The largest absolute Gasteiger partial charge is 0.503 e. The Morgan fingerprint density at radius 3 is 2.29 bits per heavy atom. The lowest BCUT2D eigenvalue weighted by atomic mass is 10.2. The van der Waals surface area contributed by atoms with Gasteiger partial charge in [-0.25, -0.2) is 0 Å². The van der Waals surface area contributed by atoms with Crippen LogP contribution in [0.5, 0.6) is 0 Å². The van der Waals surface area contributed by atoms with E-state index in [0.717, 1.165) is 24.2 Å². The number of hydrogen-bond acceptors (Lipinski definition) is 3. The minimum absolute atomic E-state index is 0.159. The van der Waals surface area contributed by atoms with Gasteiger partial charge in [0.1, 0.15) is 0 Å². The zero-order valence-corrected chi connectivity index (χ0v) is 8.54. The maximum Gasteiger partial charge on any atom is 0.296 e. The molecule has 1 rings (SSSR count). The molecule has 4 nitrogen and oxygen atoms in total. The van der Waals surface area contributed by atoms with Crippen LogP contribution >= 0.6 is 0 Å². The van der Waals surface area contributed by atoms with Gasteiger partial charge in [-0.2, -0.15) is 0 Å². The number of rotatable bonds is 4. The van der Waals surface area contributed by atoms with Crippen molar-refractivity contribution >= 4 is 11.8 Å². The first kappa shape index (κ1) is 10.8. The molecule has 0 aliphatic carbocycles. The van der Waals surface area contributed by atoms with Gasteiger partial charge in [0.05, 0.1) is 5.57 Å². The highest BCUT2D eigenvalue weighted by Crippen LogP contribution is 2.18. The van der Waals surface area contributed by atoms with E-state index in [1.807, 2.05) is 0 Å². The van der Waals surface area contributed by atoms with Crippen molar-refractivity contribution in [2.75, 3.05) is 6.54 Å². The lowest BCUT2D eigenvalue weighted by molar-refractivity contribution is -0.138. The molecule has 0 aromatic rings. The maximum atomic E-state index is 11.4. The summed E-state index contributed by atoms with van der Waals surface area (Å²) in [6, 6.07) is 0. The van der Waals surface area contributed by atoms with Crippen molar-refractivity contribution in [2.24, 2.45) is 0 Å². The van der Waals surface area contributed by atoms with Gasteiger partial charge >= 0.3 is 0 Å². The Labute approximate surface area is 83.2 Å². The highest BCUT2D eigenvalue weighted by atomic mass is 16.3. The Balaban J connectivity index is 2.58. The monoisotopic (exact) mass is 197 g/mol. The van der Waals surface area contributed by atoms with Crippen LogP contribution in [0.1, 0.15) is 33.1 Å². The predicted octanol–water partition coefficient (Wildman–Crippen LogP) is 1.38. The fourth-order valence-electron chi connectivity index (χ4n) is 1.41. The quantitative estimate of drug-likeness (QED) is 0.547. The fourth-order valence-corrected chi connectivity index (χ4v) is 1.41. The molecule has 0 aromatic carbocycles. The van der Waals surface area contributed by atoms with Crippen LogP contribution in [0, 0.1) is 0 Å². The SMILES string of the molecule is CCCCCN1C(=O)C(C)=C(O)C1=O. The number of carbonyl (C=O) groups excluding carboxylic acids is 2. The molecule has 2 amide bonds. The average Bonchev–Trinajstić information content (AvgIpc) is 2.35. The van der Waals surface area contributed by atoms with E-state index in [-0.39, 0.29) is 11.5 Å². The van der Waals surface area contributed by atoms with Gasteiger partial charge in [0, 0.05) is 6.54 Å². The molecule has 0 spiro atoms. The molecule has 1 aliphatic heterocycles. The van der Waals surface area contributed by atoms with Gasteiger partial charge in [-0.05, 0) is 13.3 Å². The molecule has 0 bridgehead atoms. The predicted molar refractivity (Wildman–Crippen MR) is 51.6 cm³/mol. The summed E-state index contributed by atoms with van der Waals surface area (Å²) in [4.78, 5) is 23.8. The van der Waals surface area contributed by atoms with Crippen molar-refractivity contribution in [3.05, 3.63) is 11.3 Å². The molecule has 1 heterocycles. The van der Waals surface area contributed by atoms with Crippen LogP contribution in [0.15, 0.2) is 11.3 Å². The second kappa shape index (κ2) is 4.26. The molecule has 4 heteroatoms. The van der Waals surface area contributed by atoms with Gasteiger partial charge in [0.2, 0.25) is 0 Å². The van der Waals surface area contributed by atoms with Crippen molar-refractivity contribution in [1.29, 1.82) is 0 Å². The van der Waals surface area contributed by atoms with Crippen LogP contribution in [0.4, 0.5) is 0 Å². The summed E-state index contributed by atoms with van der Waals surface area (Å²) in [5.74, 6) is -1.31. The Bertz CT molecular complexity index is 270. The zero-order chi connectivity index (χ0) is 10.7. The number of imide groups is 1. The molecule has 0 radical (unpaired) electrons. The molecule has 1 N–H and O–H groups in total. The van der Waals surface area contributed by atoms with Gasteiger partial charge in [-0.3, -0.25) is 14.5 Å². The van der Waals surface area contributed by atoms with Crippen LogP contribution in [0.2, 0.25) is 0 Å². The first-order chi connectivity index (χ1) is 6.59. The normalized spacial score (nSPS) is 17.1. The zero-order valence-electron chi connectivity index (χ0n) is 8.54. The number of aliphatic hydroxyl groups is 1. The molecule has 0 aromatic heterocycles. The van der Waals surface area contributed by atoms with E-state index >= 15 is 0 Å². The summed E-state index contributed by atoms with van der Waals surface area (Å²) in [6.45, 7) is 3.93. The van der Waals surface area contributed by atoms with Gasteiger partial charge in [-0.1, -0.05) is 19.8 Å². The van der Waals surface area contributed by atoms with Crippen LogP contribution in [-0.4, -0.2) is 28.4 Å². The van der Waals surface area contributed by atoms with E-state index in [1.54, 1.807) is 0 Å². The average molecular weight is 197 g/mol. The molecule has 0 fully saturated rings. The number of aliphatic hydroxyl groups excluding tert-OH is 1. The molecule has 78 valence electrons. The Kier molecular flexibility index (Phi) is 3.28. The van der Waals surface area contributed by atoms with E-state index in [1.165, 1.54) is 6.92 Å². The maximum absolute atomic E-state index is 11.4. The second-order valence-corrected chi connectivity index (χ2v) is 3.44. The summed E-state index contributed by atoms with van der Waals surface area (Å²) < 4.78 is 0. The first-order valence-electron chi connectivity index (χ1n) is 4.85. The van der Waals surface area contributed by atoms with Crippen molar-refractivity contribution in [1.82, 2.24) is 4.90 Å². The molecule has 0 unspecified atom stereocenters. The van der Waals surface area contributed by atoms with Crippen LogP contribution in [-0.2, 0) is 9.59 Å². The fraction of sp³-hybridized carbons (Fsp3) is 0.600. The molecular weight excluding hydrogens is 182 g/mol. The van der Waals surface area contributed by atoms with Gasteiger partial charge < -0.3 is 5.11 Å².